The van der Waals surface area contributed by atoms with E-state index in [1.807, 2.05) is 67.0 Å². The maximum absolute atomic E-state index is 8.25. The summed E-state index contributed by atoms with van der Waals surface area (Å²) in [5, 5.41) is 29.5. The zero-order valence-corrected chi connectivity index (χ0v) is 13.1. The first-order valence-electron chi connectivity index (χ1n) is 6.94. The number of pyridine rings is 3. The van der Waals surface area contributed by atoms with E-state index < -0.39 is 10.2 Å². The molecule has 0 spiro atoms. The molecule has 0 saturated heterocycles. The number of nitrogens with one attached hydrogen (secondary N) is 2. The number of hydrogen-bond donors (Lipinski definition) is 0. The van der Waals surface area contributed by atoms with E-state index in [9.17, 15) is 0 Å². The number of H-pyrrole nitrogens is 2. The van der Waals surface area contributed by atoms with Gasteiger partial charge in [-0.05, 0) is 24.3 Å². The summed E-state index contributed by atoms with van der Waals surface area (Å²) in [5.74, 6) is 0. The molecule has 134 valence electrons. The summed E-state index contributed by atoms with van der Waals surface area (Å²) in [5.41, 5.74) is 3.89. The lowest BCUT2D eigenvalue weighted by Gasteiger charge is -1.97. The van der Waals surface area contributed by atoms with Crippen molar-refractivity contribution in [1.82, 2.24) is 4.98 Å². The van der Waals surface area contributed by atoms with Crippen molar-refractivity contribution in [3.63, 3.8) is 0 Å². The molecule has 11 heteroatoms. The van der Waals surface area contributed by atoms with Crippen LogP contribution in [0.15, 0.2) is 67.0 Å². The van der Waals surface area contributed by atoms with Gasteiger partial charge in [0.1, 0.15) is 11.4 Å². The van der Waals surface area contributed by atoms with Crippen molar-refractivity contribution >= 4 is 0 Å². The van der Waals surface area contributed by atoms with Gasteiger partial charge in [0.2, 0.25) is 11.4 Å². The molecule has 0 amide bonds. The third-order valence-corrected chi connectivity index (χ3v) is 2.72. The SMILES string of the molecule is O=[N+]([O-])[O-].O=[N+]([O-])[O-].c1ccc(-c2cccc(-c3cccc[nH+]3)n2)[nH+]c1. The Morgan fingerprint density at radius 2 is 1.04 bits per heavy atom. The molecule has 0 bridgehead atoms. The highest BCUT2D eigenvalue weighted by Crippen LogP contribution is 2.16. The second-order valence-electron chi connectivity index (χ2n) is 4.41. The Morgan fingerprint density at radius 1 is 0.654 bits per heavy atom. The van der Waals surface area contributed by atoms with Gasteiger partial charge in [-0.1, -0.05) is 6.07 Å². The smallest absolute Gasteiger partial charge is 0.229 e. The highest BCUT2D eigenvalue weighted by atomic mass is 16.9. The zero-order valence-electron chi connectivity index (χ0n) is 13.1. The van der Waals surface area contributed by atoms with Crippen LogP contribution in [0.2, 0.25) is 0 Å². The van der Waals surface area contributed by atoms with Gasteiger partial charge in [0.15, 0.2) is 12.4 Å². The van der Waals surface area contributed by atoms with Gasteiger partial charge < -0.3 is 30.6 Å². The third-order valence-electron chi connectivity index (χ3n) is 2.72. The van der Waals surface area contributed by atoms with Crippen molar-refractivity contribution in [2.75, 3.05) is 0 Å². The lowest BCUT2D eigenvalue weighted by Crippen LogP contribution is -2.08. The molecule has 3 aromatic heterocycles. The van der Waals surface area contributed by atoms with Gasteiger partial charge in [0, 0.05) is 24.3 Å². The van der Waals surface area contributed by atoms with Crippen molar-refractivity contribution in [1.29, 1.82) is 0 Å². The van der Waals surface area contributed by atoms with Crippen LogP contribution in [0, 0.1) is 30.6 Å². The number of rotatable bonds is 2. The summed E-state index contributed by atoms with van der Waals surface area (Å²) in [6, 6.07) is 17.9. The summed E-state index contributed by atoms with van der Waals surface area (Å²) in [6.07, 6.45) is 3.80. The molecule has 0 atom stereocenters. The van der Waals surface area contributed by atoms with Gasteiger partial charge in [-0.2, -0.15) is 0 Å². The largest absolute Gasteiger partial charge is 0.356 e. The van der Waals surface area contributed by atoms with Crippen molar-refractivity contribution in [3.8, 4) is 22.8 Å². The summed E-state index contributed by atoms with van der Waals surface area (Å²) in [6.45, 7) is 0. The van der Waals surface area contributed by atoms with E-state index in [1.165, 1.54) is 0 Å². The van der Waals surface area contributed by atoms with Crippen LogP contribution in [0.4, 0.5) is 0 Å². The summed E-state index contributed by atoms with van der Waals surface area (Å²) >= 11 is 0. The van der Waals surface area contributed by atoms with Crippen LogP contribution in [0.1, 0.15) is 0 Å². The quantitative estimate of drug-likeness (QED) is 0.492. The number of aromatic amines is 2. The first-order chi connectivity index (χ1) is 12.4. The second-order valence-corrected chi connectivity index (χ2v) is 4.41. The van der Waals surface area contributed by atoms with Gasteiger partial charge >= 0.3 is 0 Å². The monoisotopic (exact) mass is 359 g/mol. The first-order valence-corrected chi connectivity index (χ1v) is 6.94. The fraction of sp³-hybridized carbons (Fsp3) is 0. The average Bonchev–Trinajstić information content (AvgIpc) is 2.62. The molecular weight excluding hydrogens is 346 g/mol. The Balaban J connectivity index is 0.000000360. The predicted molar refractivity (Wildman–Crippen MR) is 88.9 cm³/mol. The van der Waals surface area contributed by atoms with Crippen LogP contribution < -0.4 is 9.97 Å². The van der Waals surface area contributed by atoms with E-state index in [0.717, 1.165) is 22.8 Å². The van der Waals surface area contributed by atoms with Crippen molar-refractivity contribution in [2.24, 2.45) is 0 Å². The number of hydrogen-bond acceptors (Lipinski definition) is 7. The van der Waals surface area contributed by atoms with Gasteiger partial charge in [0.25, 0.3) is 0 Å². The minimum atomic E-state index is -1.75. The van der Waals surface area contributed by atoms with Gasteiger partial charge in [-0.3, -0.25) is 0 Å². The Bertz CT molecular complexity index is 757. The van der Waals surface area contributed by atoms with E-state index in [2.05, 4.69) is 15.0 Å². The lowest BCUT2D eigenvalue weighted by atomic mass is 10.2. The molecule has 3 heterocycles. The molecule has 0 aliphatic rings. The van der Waals surface area contributed by atoms with E-state index in [-0.39, 0.29) is 0 Å². The van der Waals surface area contributed by atoms with Gasteiger partial charge in [-0.25, -0.2) is 15.0 Å². The number of nitrogens with zero attached hydrogens (tertiary/aromatic N) is 3. The van der Waals surface area contributed by atoms with Crippen LogP contribution in [0.25, 0.3) is 22.8 Å². The molecule has 11 nitrogen and oxygen atoms in total. The average molecular weight is 359 g/mol. The van der Waals surface area contributed by atoms with Crippen LogP contribution >= 0.6 is 0 Å². The maximum Gasteiger partial charge on any atom is 0.229 e. The summed E-state index contributed by atoms with van der Waals surface area (Å²) in [4.78, 5) is 27.5. The molecule has 3 aromatic rings. The van der Waals surface area contributed by atoms with Gasteiger partial charge in [0.05, 0.1) is 10.2 Å². The van der Waals surface area contributed by atoms with E-state index >= 15 is 0 Å². The predicted octanol–water partition coefficient (Wildman–Crippen LogP) is 1.57. The van der Waals surface area contributed by atoms with E-state index in [4.69, 9.17) is 30.6 Å². The van der Waals surface area contributed by atoms with Crippen molar-refractivity contribution < 1.29 is 20.1 Å². The third kappa shape index (κ3) is 7.92. The Kier molecular flexibility index (Phi) is 8.11. The molecule has 3 rings (SSSR count). The van der Waals surface area contributed by atoms with Crippen LogP contribution in [0.5, 0.6) is 0 Å². The van der Waals surface area contributed by atoms with Crippen molar-refractivity contribution in [2.45, 2.75) is 0 Å². The Labute approximate surface area is 146 Å². The molecule has 0 saturated carbocycles. The van der Waals surface area contributed by atoms with Crippen LogP contribution in [-0.2, 0) is 0 Å². The normalized spacial score (nSPS) is 8.92. The molecule has 0 aliphatic heterocycles. The fourth-order valence-corrected chi connectivity index (χ4v) is 1.84. The number of aromatic nitrogens is 3. The zero-order chi connectivity index (χ0) is 19.4. The summed E-state index contributed by atoms with van der Waals surface area (Å²) in [7, 11) is 0. The molecular formula is C15H13N5O6. The lowest BCUT2D eigenvalue weighted by molar-refractivity contribution is -0.403. The minimum Gasteiger partial charge on any atom is -0.356 e. The highest BCUT2D eigenvalue weighted by molar-refractivity contribution is 5.58. The Hall–Kier alpha value is -4.15. The minimum absolute atomic E-state index is 0.936. The maximum atomic E-state index is 8.25. The van der Waals surface area contributed by atoms with E-state index in [1.54, 1.807) is 0 Å². The highest BCUT2D eigenvalue weighted by Gasteiger charge is 2.10. The molecule has 0 radical (unpaired) electrons. The molecule has 0 unspecified atom stereocenters. The molecule has 26 heavy (non-hydrogen) atoms. The molecule has 0 aromatic carbocycles. The topological polar surface area (TPSA) is 174 Å². The van der Waals surface area contributed by atoms with Crippen LogP contribution in [0.3, 0.4) is 0 Å². The van der Waals surface area contributed by atoms with Crippen molar-refractivity contribution in [3.05, 3.63) is 97.6 Å². The molecule has 0 fully saturated rings. The standard InChI is InChI=1S/C15H11N3.2NO3/c1-3-10-16-12(6-1)14-8-5-9-15(18-14)13-7-2-4-11-17-13;2*2-1(3)4/h1-11H;;/q;2*-1/p+2. The molecule has 2 N–H and O–H groups in total. The Morgan fingerprint density at radius 3 is 1.35 bits per heavy atom. The second kappa shape index (κ2) is 10.6. The first kappa shape index (κ1) is 19.9. The fourth-order valence-electron chi connectivity index (χ4n) is 1.84. The van der Waals surface area contributed by atoms with E-state index in [0.29, 0.717) is 0 Å². The molecule has 0 aliphatic carbocycles. The van der Waals surface area contributed by atoms with Gasteiger partial charge in [-0.15, -0.1) is 0 Å². The van der Waals surface area contributed by atoms with Crippen LogP contribution in [-0.4, -0.2) is 15.2 Å². The summed E-state index contributed by atoms with van der Waals surface area (Å²) < 4.78 is 0.